The van der Waals surface area contributed by atoms with Crippen molar-refractivity contribution in [3.8, 4) is 10.4 Å². The van der Waals surface area contributed by atoms with Crippen molar-refractivity contribution in [2.45, 2.75) is 75.3 Å². The van der Waals surface area contributed by atoms with Gasteiger partial charge in [0.1, 0.15) is 15.6 Å². The second kappa shape index (κ2) is 12.4. The predicted molar refractivity (Wildman–Crippen MR) is 168 cm³/mol. The zero-order chi connectivity index (χ0) is 30.1. The van der Waals surface area contributed by atoms with Gasteiger partial charge in [0.25, 0.3) is 0 Å². The summed E-state index contributed by atoms with van der Waals surface area (Å²) < 4.78 is 29.1. The fraction of sp³-hybridized carbons (Fsp3) is 0.469. The lowest BCUT2D eigenvalue weighted by Gasteiger charge is -2.44. The minimum atomic E-state index is -4.00. The number of carbonyl (C=O) groups excluding carboxylic acids is 1. The lowest BCUT2D eigenvalue weighted by Crippen LogP contribution is -2.60. The number of carboxylic acids is 1. The molecular weight excluding hydrogens is 585 g/mol. The predicted octanol–water partition coefficient (Wildman–Crippen LogP) is 5.87. The van der Waals surface area contributed by atoms with Crippen LogP contribution in [-0.4, -0.2) is 66.4 Å². The highest BCUT2D eigenvalue weighted by Crippen LogP contribution is 2.42. The summed E-state index contributed by atoms with van der Waals surface area (Å²) >= 11 is 1.14. The summed E-state index contributed by atoms with van der Waals surface area (Å²) in [5.41, 5.74) is 1.23. The molecule has 2 atom stereocenters. The van der Waals surface area contributed by atoms with Crippen LogP contribution in [0, 0.1) is 5.92 Å². The van der Waals surface area contributed by atoms with Crippen LogP contribution in [0.3, 0.4) is 0 Å². The van der Waals surface area contributed by atoms with E-state index in [0.717, 1.165) is 85.5 Å². The number of carboxylic acid groups (broad SMARTS) is 1. The Balaban J connectivity index is 1.32. The summed E-state index contributed by atoms with van der Waals surface area (Å²) in [5.74, 6) is -0.657. The maximum Gasteiger partial charge on any atom is 0.348 e. The van der Waals surface area contributed by atoms with E-state index in [-0.39, 0.29) is 28.8 Å². The molecular formula is C32H38N4O5S2. The maximum absolute atomic E-state index is 14.0. The minimum absolute atomic E-state index is 0.0686. The second-order valence-electron chi connectivity index (χ2n) is 11.8. The van der Waals surface area contributed by atoms with Gasteiger partial charge in [-0.3, -0.25) is 4.79 Å². The van der Waals surface area contributed by atoms with Gasteiger partial charge in [-0.05, 0) is 61.8 Å². The van der Waals surface area contributed by atoms with Crippen LogP contribution in [-0.2, 0) is 14.8 Å². The third kappa shape index (κ3) is 5.82. The number of rotatable bonds is 8. The van der Waals surface area contributed by atoms with Gasteiger partial charge in [-0.15, -0.1) is 11.3 Å². The zero-order valence-electron chi connectivity index (χ0n) is 24.4. The van der Waals surface area contributed by atoms with E-state index in [9.17, 15) is 23.1 Å². The van der Waals surface area contributed by atoms with Gasteiger partial charge in [0.05, 0.1) is 18.3 Å². The summed E-state index contributed by atoms with van der Waals surface area (Å²) in [6, 6.07) is 14.6. The summed E-state index contributed by atoms with van der Waals surface area (Å²) in [4.78, 5) is 35.7. The van der Waals surface area contributed by atoms with Gasteiger partial charge in [-0.2, -0.15) is 4.31 Å². The molecule has 6 rings (SSSR count). The summed E-state index contributed by atoms with van der Waals surface area (Å²) in [6.07, 6.45) is 9.46. The Labute approximate surface area is 257 Å². The molecule has 2 aliphatic heterocycles. The molecule has 2 saturated heterocycles. The Kier molecular flexibility index (Phi) is 8.57. The van der Waals surface area contributed by atoms with E-state index in [2.05, 4.69) is 16.8 Å². The van der Waals surface area contributed by atoms with Gasteiger partial charge in [0, 0.05) is 30.2 Å². The Morgan fingerprint density at radius 3 is 2.49 bits per heavy atom. The van der Waals surface area contributed by atoms with Crippen LogP contribution in [0.4, 0.5) is 11.5 Å². The quantitative estimate of drug-likeness (QED) is 0.334. The molecule has 0 bridgehead atoms. The van der Waals surface area contributed by atoms with E-state index in [1.54, 1.807) is 23.1 Å². The number of pyridine rings is 1. The number of piperazine rings is 1. The van der Waals surface area contributed by atoms with Crippen molar-refractivity contribution in [2.24, 2.45) is 5.92 Å². The van der Waals surface area contributed by atoms with Crippen LogP contribution in [0.2, 0.25) is 0 Å². The molecule has 43 heavy (non-hydrogen) atoms. The summed E-state index contributed by atoms with van der Waals surface area (Å²) in [6.45, 7) is 2.82. The van der Waals surface area contributed by atoms with E-state index in [1.165, 1.54) is 10.5 Å². The molecule has 3 fully saturated rings. The monoisotopic (exact) mass is 622 g/mol. The fourth-order valence-corrected chi connectivity index (χ4v) is 9.35. The van der Waals surface area contributed by atoms with Crippen molar-refractivity contribution in [3.05, 3.63) is 59.6 Å². The number of amides is 1. The van der Waals surface area contributed by atoms with E-state index in [1.807, 2.05) is 30.3 Å². The molecule has 11 heteroatoms. The first-order chi connectivity index (χ1) is 20.8. The molecule has 9 nitrogen and oxygen atoms in total. The molecule has 1 aliphatic carbocycles. The van der Waals surface area contributed by atoms with Crippen molar-refractivity contribution in [1.82, 2.24) is 9.29 Å². The van der Waals surface area contributed by atoms with Crippen LogP contribution in [0.1, 0.15) is 68.0 Å². The van der Waals surface area contributed by atoms with Crippen LogP contribution >= 0.6 is 11.3 Å². The Hall–Kier alpha value is -3.28. The van der Waals surface area contributed by atoms with Gasteiger partial charge >= 0.3 is 5.97 Å². The van der Waals surface area contributed by atoms with Gasteiger partial charge in [0.2, 0.25) is 15.9 Å². The molecule has 0 radical (unpaired) electrons. The number of aromatic nitrogens is 1. The first-order valence-corrected chi connectivity index (χ1v) is 17.5. The fourth-order valence-electron chi connectivity index (χ4n) is 7.01. The molecule has 2 aromatic heterocycles. The largest absolute Gasteiger partial charge is 0.477 e. The lowest BCUT2D eigenvalue weighted by atomic mass is 9.82. The third-order valence-corrected chi connectivity index (χ3v) is 12.2. The molecule has 1 aromatic carbocycles. The molecule has 1 amide bonds. The number of thiophene rings is 1. The molecule has 3 aliphatic rings. The van der Waals surface area contributed by atoms with Gasteiger partial charge in [-0.25, -0.2) is 18.2 Å². The smallest absolute Gasteiger partial charge is 0.348 e. The molecule has 4 heterocycles. The highest BCUT2D eigenvalue weighted by Gasteiger charge is 2.44. The number of hydrogen-bond donors (Lipinski definition) is 1. The number of carbonyl (C=O) groups is 2. The van der Waals surface area contributed by atoms with E-state index in [0.29, 0.717) is 11.7 Å². The molecule has 2 unspecified atom stereocenters. The second-order valence-corrected chi connectivity index (χ2v) is 14.8. The Morgan fingerprint density at radius 1 is 1.05 bits per heavy atom. The molecule has 1 N–H and O–H groups in total. The number of hydrogen-bond acceptors (Lipinski definition) is 7. The van der Waals surface area contributed by atoms with Crippen molar-refractivity contribution in [2.75, 3.05) is 29.4 Å². The van der Waals surface area contributed by atoms with Crippen LogP contribution in [0.5, 0.6) is 0 Å². The number of anilines is 2. The van der Waals surface area contributed by atoms with Gasteiger partial charge in [0.15, 0.2) is 0 Å². The summed E-state index contributed by atoms with van der Waals surface area (Å²) in [7, 11) is -4.00. The average Bonchev–Trinajstić information content (AvgIpc) is 3.70. The summed E-state index contributed by atoms with van der Waals surface area (Å²) in [5, 5.41) is 10.2. The standard InChI is InChI=1S/C32H38N4O5S2/c1-2-24-14-9-17-35(24)29-16-15-25(19-33-29)43(40,41)34-20-27(22-10-5-3-6-11-22)36(30(37)21-34)26-18-28(42-31(26)32(38)39)23-12-7-4-8-13-23/h4,7-8,12-13,15-16,18-19,22,24,27H,2-3,5-6,9-11,14,17,20-21H2,1H3,(H,38,39). The molecule has 1 saturated carbocycles. The lowest BCUT2D eigenvalue weighted by molar-refractivity contribution is -0.121. The number of sulfonamides is 1. The first kappa shape index (κ1) is 29.8. The number of aromatic carboxylic acids is 1. The van der Waals surface area contributed by atoms with Crippen molar-refractivity contribution in [1.29, 1.82) is 0 Å². The maximum atomic E-state index is 14.0. The van der Waals surface area contributed by atoms with Crippen molar-refractivity contribution < 1.29 is 23.1 Å². The topological polar surface area (TPSA) is 111 Å². The highest BCUT2D eigenvalue weighted by atomic mass is 32.2. The SMILES string of the molecule is CCC1CCCN1c1ccc(S(=O)(=O)N2CC(=O)N(c3cc(-c4ccccc4)sc3C(=O)O)C(C3CCCCC3)C2)cn1. The van der Waals surface area contributed by atoms with E-state index < -0.39 is 27.9 Å². The number of benzene rings is 1. The van der Waals surface area contributed by atoms with E-state index >= 15 is 0 Å². The molecule has 0 spiro atoms. The van der Waals surface area contributed by atoms with Crippen LogP contribution in [0.15, 0.2) is 59.6 Å². The van der Waals surface area contributed by atoms with Crippen LogP contribution in [0.25, 0.3) is 10.4 Å². The molecule has 3 aromatic rings. The zero-order valence-corrected chi connectivity index (χ0v) is 26.0. The van der Waals surface area contributed by atoms with Crippen molar-refractivity contribution in [3.63, 3.8) is 0 Å². The average molecular weight is 623 g/mol. The minimum Gasteiger partial charge on any atom is -0.477 e. The van der Waals surface area contributed by atoms with Crippen molar-refractivity contribution >= 4 is 44.7 Å². The van der Waals surface area contributed by atoms with Gasteiger partial charge in [-0.1, -0.05) is 56.5 Å². The molecule has 228 valence electrons. The highest BCUT2D eigenvalue weighted by molar-refractivity contribution is 7.89. The van der Waals surface area contributed by atoms with Gasteiger partial charge < -0.3 is 14.9 Å². The third-order valence-electron chi connectivity index (χ3n) is 9.22. The normalized spacial score (nSPS) is 22.3. The van der Waals surface area contributed by atoms with Crippen LogP contribution < -0.4 is 9.80 Å². The van der Waals surface area contributed by atoms with E-state index in [4.69, 9.17) is 0 Å². The Bertz CT molecular complexity index is 1570. The Morgan fingerprint density at radius 2 is 1.81 bits per heavy atom. The first-order valence-electron chi connectivity index (χ1n) is 15.3. The number of nitrogens with zero attached hydrogens (tertiary/aromatic N) is 4.